The predicted molar refractivity (Wildman–Crippen MR) is 71.8 cm³/mol. The van der Waals surface area contributed by atoms with Gasteiger partial charge in [0.05, 0.1) is 7.11 Å². The Balaban J connectivity index is 2.20. The summed E-state index contributed by atoms with van der Waals surface area (Å²) >= 11 is 0. The molecule has 0 bridgehead atoms. The van der Waals surface area contributed by atoms with Crippen LogP contribution in [-0.4, -0.2) is 24.1 Å². The Kier molecular flexibility index (Phi) is 4.29. The van der Waals surface area contributed by atoms with E-state index in [1.807, 2.05) is 0 Å². The molecular weight excluding hydrogens is 266 g/mol. The number of hydrogen-bond acceptors (Lipinski definition) is 5. The van der Waals surface area contributed by atoms with Crippen molar-refractivity contribution in [2.75, 3.05) is 24.8 Å². The van der Waals surface area contributed by atoms with Crippen LogP contribution in [0.5, 0.6) is 5.75 Å². The number of ether oxygens (including phenoxy) is 1. The SMILES string of the molecule is CNc1ncnc(NCc2cc(F)ccc2F)c1OC. The topological polar surface area (TPSA) is 59.1 Å². The molecule has 0 aliphatic rings. The van der Waals surface area contributed by atoms with Crippen LogP contribution in [0.25, 0.3) is 0 Å². The minimum absolute atomic E-state index is 0.0835. The lowest BCUT2D eigenvalue weighted by Gasteiger charge is -2.13. The molecule has 1 heterocycles. The molecule has 0 aliphatic heterocycles. The molecule has 0 radical (unpaired) electrons. The highest BCUT2D eigenvalue weighted by atomic mass is 19.1. The fraction of sp³-hybridized carbons (Fsp3) is 0.231. The quantitative estimate of drug-likeness (QED) is 0.880. The van der Waals surface area contributed by atoms with Gasteiger partial charge < -0.3 is 15.4 Å². The summed E-state index contributed by atoms with van der Waals surface area (Å²) in [5.41, 5.74) is 0.205. The molecule has 0 saturated heterocycles. The summed E-state index contributed by atoms with van der Waals surface area (Å²) in [5.74, 6) is 0.335. The fourth-order valence-electron chi connectivity index (χ4n) is 1.73. The van der Waals surface area contributed by atoms with Crippen LogP contribution in [0.2, 0.25) is 0 Å². The van der Waals surface area contributed by atoms with E-state index in [0.717, 1.165) is 18.2 Å². The highest BCUT2D eigenvalue weighted by Gasteiger charge is 2.11. The number of nitrogens with zero attached hydrogens (tertiary/aromatic N) is 2. The highest BCUT2D eigenvalue weighted by Crippen LogP contribution is 2.28. The van der Waals surface area contributed by atoms with Crippen molar-refractivity contribution in [3.05, 3.63) is 41.7 Å². The van der Waals surface area contributed by atoms with Crippen molar-refractivity contribution in [2.24, 2.45) is 0 Å². The number of rotatable bonds is 5. The van der Waals surface area contributed by atoms with E-state index in [2.05, 4.69) is 20.6 Å². The zero-order valence-corrected chi connectivity index (χ0v) is 11.1. The van der Waals surface area contributed by atoms with Crippen LogP contribution in [0, 0.1) is 11.6 Å². The second-order valence-electron chi connectivity index (χ2n) is 3.94. The molecule has 0 aliphatic carbocycles. The summed E-state index contributed by atoms with van der Waals surface area (Å²) in [6.45, 7) is 0.0835. The highest BCUT2D eigenvalue weighted by molar-refractivity contribution is 5.63. The Morgan fingerprint density at radius 3 is 2.65 bits per heavy atom. The van der Waals surface area contributed by atoms with Gasteiger partial charge in [0, 0.05) is 19.2 Å². The lowest BCUT2D eigenvalue weighted by atomic mass is 10.2. The van der Waals surface area contributed by atoms with Crippen LogP contribution in [0.4, 0.5) is 20.4 Å². The van der Waals surface area contributed by atoms with Crippen LogP contribution >= 0.6 is 0 Å². The number of methoxy groups -OCH3 is 1. The summed E-state index contributed by atoms with van der Waals surface area (Å²) in [6.07, 6.45) is 1.35. The van der Waals surface area contributed by atoms with Gasteiger partial charge in [0.1, 0.15) is 18.0 Å². The number of benzene rings is 1. The van der Waals surface area contributed by atoms with Gasteiger partial charge in [-0.2, -0.15) is 0 Å². The molecule has 106 valence electrons. The molecule has 1 aromatic heterocycles. The van der Waals surface area contributed by atoms with E-state index >= 15 is 0 Å². The van der Waals surface area contributed by atoms with Gasteiger partial charge in [0.2, 0.25) is 5.75 Å². The first-order valence-corrected chi connectivity index (χ1v) is 5.90. The van der Waals surface area contributed by atoms with E-state index < -0.39 is 11.6 Å². The summed E-state index contributed by atoms with van der Waals surface area (Å²) in [7, 11) is 3.17. The summed E-state index contributed by atoms with van der Waals surface area (Å²) < 4.78 is 31.8. The van der Waals surface area contributed by atoms with Crippen molar-refractivity contribution in [1.29, 1.82) is 0 Å². The lowest BCUT2D eigenvalue weighted by molar-refractivity contribution is 0.415. The zero-order valence-electron chi connectivity index (χ0n) is 11.1. The second kappa shape index (κ2) is 6.14. The third-order valence-electron chi connectivity index (χ3n) is 2.70. The average molecular weight is 280 g/mol. The van der Waals surface area contributed by atoms with E-state index in [-0.39, 0.29) is 12.1 Å². The molecule has 0 saturated carbocycles. The Morgan fingerprint density at radius 1 is 1.20 bits per heavy atom. The summed E-state index contributed by atoms with van der Waals surface area (Å²) in [6, 6.07) is 3.29. The molecule has 2 rings (SSSR count). The van der Waals surface area contributed by atoms with E-state index in [1.54, 1.807) is 7.05 Å². The normalized spacial score (nSPS) is 10.2. The Morgan fingerprint density at radius 2 is 1.95 bits per heavy atom. The molecule has 20 heavy (non-hydrogen) atoms. The molecule has 2 aromatic rings. The maximum Gasteiger partial charge on any atom is 0.204 e. The van der Waals surface area contributed by atoms with E-state index in [1.165, 1.54) is 13.4 Å². The third kappa shape index (κ3) is 2.93. The maximum atomic E-state index is 13.5. The van der Waals surface area contributed by atoms with Crippen molar-refractivity contribution in [2.45, 2.75) is 6.54 Å². The number of nitrogens with one attached hydrogen (secondary N) is 2. The van der Waals surface area contributed by atoms with E-state index in [9.17, 15) is 8.78 Å². The van der Waals surface area contributed by atoms with E-state index in [0.29, 0.717) is 17.4 Å². The molecule has 2 N–H and O–H groups in total. The van der Waals surface area contributed by atoms with Gasteiger partial charge in [-0.15, -0.1) is 0 Å². The van der Waals surface area contributed by atoms with Crippen molar-refractivity contribution >= 4 is 11.6 Å². The first-order chi connectivity index (χ1) is 9.65. The van der Waals surface area contributed by atoms with Gasteiger partial charge in [-0.1, -0.05) is 0 Å². The molecule has 0 unspecified atom stereocenters. The van der Waals surface area contributed by atoms with Crippen LogP contribution in [0.1, 0.15) is 5.56 Å². The monoisotopic (exact) mass is 280 g/mol. The van der Waals surface area contributed by atoms with Gasteiger partial charge in [-0.3, -0.25) is 0 Å². The molecule has 7 heteroatoms. The van der Waals surface area contributed by atoms with Crippen LogP contribution < -0.4 is 15.4 Å². The molecule has 5 nitrogen and oxygen atoms in total. The van der Waals surface area contributed by atoms with E-state index in [4.69, 9.17) is 4.74 Å². The molecule has 0 spiro atoms. The molecule has 0 fully saturated rings. The molecule has 0 amide bonds. The van der Waals surface area contributed by atoms with Gasteiger partial charge in [0.25, 0.3) is 0 Å². The summed E-state index contributed by atoms with van der Waals surface area (Å²) in [5, 5.41) is 5.76. The molecule has 1 aromatic carbocycles. The largest absolute Gasteiger partial charge is 0.490 e. The smallest absolute Gasteiger partial charge is 0.204 e. The molecule has 0 atom stereocenters. The fourth-order valence-corrected chi connectivity index (χ4v) is 1.73. The van der Waals surface area contributed by atoms with Crippen molar-refractivity contribution < 1.29 is 13.5 Å². The minimum atomic E-state index is -0.492. The Bertz CT molecular complexity index is 607. The van der Waals surface area contributed by atoms with Crippen molar-refractivity contribution in [3.8, 4) is 5.75 Å². The van der Waals surface area contributed by atoms with Gasteiger partial charge >= 0.3 is 0 Å². The predicted octanol–water partition coefficient (Wildman–Crippen LogP) is 2.42. The number of anilines is 2. The lowest BCUT2D eigenvalue weighted by Crippen LogP contribution is -2.07. The Labute approximate surface area is 115 Å². The van der Waals surface area contributed by atoms with Crippen molar-refractivity contribution in [3.63, 3.8) is 0 Å². The number of aromatic nitrogens is 2. The number of halogens is 2. The van der Waals surface area contributed by atoms with Gasteiger partial charge in [-0.05, 0) is 18.2 Å². The maximum absolute atomic E-state index is 13.5. The average Bonchev–Trinajstić information content (AvgIpc) is 2.47. The number of hydrogen-bond donors (Lipinski definition) is 2. The zero-order chi connectivity index (χ0) is 14.5. The van der Waals surface area contributed by atoms with Gasteiger partial charge in [0.15, 0.2) is 11.6 Å². The first-order valence-electron chi connectivity index (χ1n) is 5.90. The first kappa shape index (κ1) is 14.0. The second-order valence-corrected chi connectivity index (χ2v) is 3.94. The standard InChI is InChI=1S/C13H14F2N4O/c1-16-12-11(20-2)13(19-7-18-12)17-6-8-5-9(14)3-4-10(8)15/h3-5,7H,6H2,1-2H3,(H2,16,17,18,19). The van der Waals surface area contributed by atoms with Gasteiger partial charge in [-0.25, -0.2) is 18.7 Å². The van der Waals surface area contributed by atoms with Crippen LogP contribution in [0.15, 0.2) is 24.5 Å². The van der Waals surface area contributed by atoms with Crippen LogP contribution in [-0.2, 0) is 6.54 Å². The summed E-state index contributed by atoms with van der Waals surface area (Å²) in [4.78, 5) is 8.02. The van der Waals surface area contributed by atoms with Crippen LogP contribution in [0.3, 0.4) is 0 Å². The Hall–Kier alpha value is -2.44. The third-order valence-corrected chi connectivity index (χ3v) is 2.70. The minimum Gasteiger partial charge on any atom is -0.490 e. The van der Waals surface area contributed by atoms with Crippen molar-refractivity contribution in [1.82, 2.24) is 9.97 Å². The molecular formula is C13H14F2N4O.